The van der Waals surface area contributed by atoms with Gasteiger partial charge in [0.25, 0.3) is 0 Å². The monoisotopic (exact) mass is 417 g/mol. The van der Waals surface area contributed by atoms with E-state index in [1.807, 2.05) is 41.2 Å². The van der Waals surface area contributed by atoms with Gasteiger partial charge >= 0.3 is 0 Å². The molecule has 3 aromatic heterocycles. The van der Waals surface area contributed by atoms with Crippen molar-refractivity contribution in [3.8, 4) is 22.4 Å². The van der Waals surface area contributed by atoms with E-state index in [9.17, 15) is 4.79 Å². The van der Waals surface area contributed by atoms with E-state index in [0.29, 0.717) is 24.7 Å². The van der Waals surface area contributed by atoms with E-state index in [1.165, 1.54) is 6.08 Å². The number of aromatic amines is 1. The molecule has 1 N–H and O–H groups in total. The highest BCUT2D eigenvalue weighted by Gasteiger charge is 2.29. The molecule has 150 valence electrons. The first kappa shape index (κ1) is 18.6. The number of pyridine rings is 1. The van der Waals surface area contributed by atoms with Crippen LogP contribution in [0.4, 0.5) is 0 Å². The third-order valence-electron chi connectivity index (χ3n) is 5.64. The van der Waals surface area contributed by atoms with Gasteiger partial charge in [0.1, 0.15) is 11.3 Å². The zero-order valence-corrected chi connectivity index (χ0v) is 17.3. The van der Waals surface area contributed by atoms with Crippen molar-refractivity contribution in [1.82, 2.24) is 24.6 Å². The molecule has 4 aromatic rings. The van der Waals surface area contributed by atoms with Crippen molar-refractivity contribution in [2.24, 2.45) is 0 Å². The molecule has 1 amide bonds. The Balaban J connectivity index is 1.81. The minimum atomic E-state index is -0.0783. The minimum absolute atomic E-state index is 0.0783. The van der Waals surface area contributed by atoms with Gasteiger partial charge in [-0.05, 0) is 36.3 Å². The highest BCUT2D eigenvalue weighted by Crippen LogP contribution is 2.41. The lowest BCUT2D eigenvalue weighted by atomic mass is 9.95. The summed E-state index contributed by atoms with van der Waals surface area (Å²) in [5, 5.41) is 6.63. The molecule has 0 saturated heterocycles. The van der Waals surface area contributed by atoms with Gasteiger partial charge in [-0.2, -0.15) is 5.10 Å². The van der Waals surface area contributed by atoms with E-state index < -0.39 is 0 Å². The number of hydrogen-bond donors (Lipinski definition) is 1. The van der Waals surface area contributed by atoms with Crippen molar-refractivity contribution in [2.45, 2.75) is 20.0 Å². The molecule has 0 saturated carbocycles. The fourth-order valence-electron chi connectivity index (χ4n) is 4.19. The molecule has 0 bridgehead atoms. The quantitative estimate of drug-likeness (QED) is 0.496. The lowest BCUT2D eigenvalue weighted by molar-refractivity contribution is -0.127. The predicted octanol–water partition coefficient (Wildman–Crippen LogP) is 4.58. The lowest BCUT2D eigenvalue weighted by Crippen LogP contribution is -2.37. The minimum Gasteiger partial charge on any atom is -0.346 e. The summed E-state index contributed by atoms with van der Waals surface area (Å²) < 4.78 is 2.00. The van der Waals surface area contributed by atoms with Crippen LogP contribution >= 0.6 is 11.6 Å². The Morgan fingerprint density at radius 1 is 1.23 bits per heavy atom. The number of nitrogens with one attached hydrogen (secondary N) is 1. The molecule has 0 unspecified atom stereocenters. The summed E-state index contributed by atoms with van der Waals surface area (Å²) in [6, 6.07) is 9.73. The Morgan fingerprint density at radius 3 is 2.87 bits per heavy atom. The van der Waals surface area contributed by atoms with E-state index in [0.717, 1.165) is 44.7 Å². The van der Waals surface area contributed by atoms with Crippen LogP contribution in [0.25, 0.3) is 33.4 Å². The number of aryl methyl sites for hydroxylation is 1. The van der Waals surface area contributed by atoms with Crippen LogP contribution in [0.2, 0.25) is 5.02 Å². The molecule has 1 aliphatic rings. The maximum Gasteiger partial charge on any atom is 0.246 e. The summed E-state index contributed by atoms with van der Waals surface area (Å²) in [4.78, 5) is 21.8. The van der Waals surface area contributed by atoms with E-state index in [1.54, 1.807) is 11.1 Å². The molecular weight excluding hydrogens is 398 g/mol. The first-order valence-electron chi connectivity index (χ1n) is 9.77. The average Bonchev–Trinajstić information content (AvgIpc) is 3.33. The Labute approximate surface area is 178 Å². The van der Waals surface area contributed by atoms with E-state index in [4.69, 9.17) is 16.7 Å². The number of aromatic nitrogens is 4. The molecule has 1 aromatic carbocycles. The molecule has 0 fully saturated rings. The summed E-state index contributed by atoms with van der Waals surface area (Å²) >= 11 is 6.57. The maximum absolute atomic E-state index is 12.3. The molecule has 30 heavy (non-hydrogen) atoms. The van der Waals surface area contributed by atoms with E-state index >= 15 is 0 Å². The van der Waals surface area contributed by atoms with E-state index in [-0.39, 0.29) is 5.91 Å². The number of fused-ring (bicyclic) bond motifs is 2. The molecule has 0 radical (unpaired) electrons. The normalized spacial score (nSPS) is 13.5. The molecule has 6 nitrogen and oxygen atoms in total. The molecule has 7 heteroatoms. The van der Waals surface area contributed by atoms with Crippen LogP contribution < -0.4 is 0 Å². The summed E-state index contributed by atoms with van der Waals surface area (Å²) in [6.07, 6.45) is 5.12. The SMILES string of the molecule is C=CC(=O)N1CCn2nc(-c3ccccc3Cl)c(-c3ccnc4[nH]cc(C)c34)c2C1. The number of halogens is 1. The zero-order valence-electron chi connectivity index (χ0n) is 16.5. The zero-order chi connectivity index (χ0) is 20.8. The van der Waals surface area contributed by atoms with Crippen molar-refractivity contribution < 1.29 is 4.79 Å². The fourth-order valence-corrected chi connectivity index (χ4v) is 4.41. The Hall–Kier alpha value is -3.38. The molecule has 0 spiro atoms. The third kappa shape index (κ3) is 2.83. The first-order chi connectivity index (χ1) is 14.6. The number of amides is 1. The van der Waals surface area contributed by atoms with Gasteiger partial charge in [0.2, 0.25) is 5.91 Å². The summed E-state index contributed by atoms with van der Waals surface area (Å²) in [7, 11) is 0. The number of carbonyl (C=O) groups excluding carboxylic acids is 1. The third-order valence-corrected chi connectivity index (χ3v) is 5.96. The van der Waals surface area contributed by atoms with Gasteiger partial charge in [-0.25, -0.2) is 4.98 Å². The lowest BCUT2D eigenvalue weighted by Gasteiger charge is -2.27. The highest BCUT2D eigenvalue weighted by atomic mass is 35.5. The molecular formula is C23H20ClN5O. The van der Waals surface area contributed by atoms with Crippen molar-refractivity contribution in [2.75, 3.05) is 6.54 Å². The van der Waals surface area contributed by atoms with Crippen LogP contribution in [-0.4, -0.2) is 37.1 Å². The number of nitrogens with zero attached hydrogens (tertiary/aromatic N) is 4. The van der Waals surface area contributed by atoms with Crippen molar-refractivity contribution >= 4 is 28.5 Å². The van der Waals surface area contributed by atoms with Crippen LogP contribution in [0.5, 0.6) is 0 Å². The number of rotatable bonds is 3. The van der Waals surface area contributed by atoms with Crippen LogP contribution in [0.1, 0.15) is 11.3 Å². The van der Waals surface area contributed by atoms with Gasteiger partial charge in [0.05, 0.1) is 23.8 Å². The topological polar surface area (TPSA) is 66.8 Å². The summed E-state index contributed by atoms with van der Waals surface area (Å²) in [6.45, 7) is 7.37. The fraction of sp³-hybridized carbons (Fsp3) is 0.174. The highest BCUT2D eigenvalue weighted by molar-refractivity contribution is 6.33. The van der Waals surface area contributed by atoms with Gasteiger partial charge in [0.15, 0.2) is 0 Å². The van der Waals surface area contributed by atoms with Crippen molar-refractivity contribution in [3.05, 3.63) is 71.7 Å². The van der Waals surface area contributed by atoms with E-state index in [2.05, 4.69) is 23.5 Å². The molecule has 0 atom stereocenters. The van der Waals surface area contributed by atoms with Gasteiger partial charge in [-0.1, -0.05) is 36.4 Å². The molecule has 5 rings (SSSR count). The molecule has 4 heterocycles. The molecule has 0 aliphatic carbocycles. The van der Waals surface area contributed by atoms with Gasteiger partial charge in [-0.3, -0.25) is 9.48 Å². The van der Waals surface area contributed by atoms with Crippen LogP contribution in [0.15, 0.2) is 55.4 Å². The number of hydrogen-bond acceptors (Lipinski definition) is 3. The van der Waals surface area contributed by atoms with Gasteiger partial charge < -0.3 is 9.88 Å². The van der Waals surface area contributed by atoms with Crippen molar-refractivity contribution in [1.29, 1.82) is 0 Å². The summed E-state index contributed by atoms with van der Waals surface area (Å²) in [5.74, 6) is -0.0783. The Kier molecular flexibility index (Phi) is 4.44. The smallest absolute Gasteiger partial charge is 0.246 e. The van der Waals surface area contributed by atoms with Crippen LogP contribution in [0, 0.1) is 6.92 Å². The maximum atomic E-state index is 12.3. The second-order valence-corrected chi connectivity index (χ2v) is 7.80. The number of carbonyl (C=O) groups is 1. The standard InChI is InChI=1S/C23H20ClN5O/c1-3-19(30)28-10-11-29-18(13-28)21(22(27-29)15-6-4-5-7-17(15)24)16-8-9-25-23-20(16)14(2)12-26-23/h3-9,12H,1,10-11,13H2,2H3,(H,25,26). The largest absolute Gasteiger partial charge is 0.346 e. The van der Waals surface area contributed by atoms with Crippen LogP contribution in [-0.2, 0) is 17.9 Å². The summed E-state index contributed by atoms with van der Waals surface area (Å²) in [5.41, 5.74) is 6.62. The predicted molar refractivity (Wildman–Crippen MR) is 118 cm³/mol. The Bertz CT molecular complexity index is 1300. The van der Waals surface area contributed by atoms with Crippen LogP contribution in [0.3, 0.4) is 0 Å². The van der Waals surface area contributed by atoms with Crippen molar-refractivity contribution in [3.63, 3.8) is 0 Å². The number of benzene rings is 1. The Morgan fingerprint density at radius 2 is 2.07 bits per heavy atom. The second-order valence-electron chi connectivity index (χ2n) is 7.39. The second kappa shape index (κ2) is 7.15. The number of H-pyrrole nitrogens is 1. The van der Waals surface area contributed by atoms with Gasteiger partial charge in [0, 0.05) is 35.5 Å². The molecule has 1 aliphatic heterocycles. The van der Waals surface area contributed by atoms with Gasteiger partial charge in [-0.15, -0.1) is 0 Å². The first-order valence-corrected chi connectivity index (χ1v) is 10.1. The average molecular weight is 418 g/mol.